The van der Waals surface area contributed by atoms with Crippen molar-refractivity contribution in [1.29, 1.82) is 0 Å². The third kappa shape index (κ3) is 5.00. The predicted molar refractivity (Wildman–Crippen MR) is 115 cm³/mol. The molecule has 3 aromatic heterocycles. The summed E-state index contributed by atoms with van der Waals surface area (Å²) in [7, 11) is 2.15. The van der Waals surface area contributed by atoms with Crippen LogP contribution in [0.4, 0.5) is 10.5 Å². The number of carbonyl (C=O) groups is 1. The molecule has 1 fully saturated rings. The Morgan fingerprint density at radius 2 is 2.07 bits per heavy atom. The molecule has 2 N–H and O–H groups in total. The van der Waals surface area contributed by atoms with Gasteiger partial charge in [0.25, 0.3) is 0 Å². The number of anilines is 1. The Hall–Kier alpha value is -2.75. The SMILES string of the molecule is CN1CCN(C(CNC(=O)Nc2ccc(-n3cccn3)nc2)c2cccs2)CC1. The molecule has 3 aromatic rings. The second-order valence-corrected chi connectivity index (χ2v) is 8.04. The lowest BCUT2D eigenvalue weighted by Gasteiger charge is -2.37. The lowest BCUT2D eigenvalue weighted by atomic mass is 10.1. The maximum Gasteiger partial charge on any atom is 0.319 e. The molecule has 9 heteroatoms. The van der Waals surface area contributed by atoms with Gasteiger partial charge in [0.15, 0.2) is 5.82 Å². The Morgan fingerprint density at radius 1 is 1.21 bits per heavy atom. The van der Waals surface area contributed by atoms with Crippen molar-refractivity contribution >= 4 is 23.1 Å². The van der Waals surface area contributed by atoms with Crippen LogP contribution in [0.2, 0.25) is 0 Å². The molecule has 0 bridgehead atoms. The van der Waals surface area contributed by atoms with Crippen LogP contribution >= 0.6 is 11.3 Å². The molecule has 29 heavy (non-hydrogen) atoms. The van der Waals surface area contributed by atoms with E-state index in [9.17, 15) is 4.79 Å². The highest BCUT2D eigenvalue weighted by Crippen LogP contribution is 2.25. The van der Waals surface area contributed by atoms with Crippen LogP contribution in [0.3, 0.4) is 0 Å². The second-order valence-electron chi connectivity index (χ2n) is 7.06. The number of urea groups is 1. The van der Waals surface area contributed by atoms with Crippen LogP contribution in [0.25, 0.3) is 5.82 Å². The highest BCUT2D eigenvalue weighted by Gasteiger charge is 2.25. The van der Waals surface area contributed by atoms with Gasteiger partial charge in [0.2, 0.25) is 0 Å². The average molecular weight is 412 g/mol. The van der Waals surface area contributed by atoms with Crippen LogP contribution in [0.5, 0.6) is 0 Å². The van der Waals surface area contributed by atoms with Crippen molar-refractivity contribution in [3.63, 3.8) is 0 Å². The molecule has 1 aliphatic heterocycles. The van der Waals surface area contributed by atoms with Crippen LogP contribution in [0, 0.1) is 0 Å². The quantitative estimate of drug-likeness (QED) is 0.651. The molecule has 152 valence electrons. The van der Waals surface area contributed by atoms with E-state index in [0.29, 0.717) is 18.1 Å². The summed E-state index contributed by atoms with van der Waals surface area (Å²) < 4.78 is 1.67. The third-order valence-electron chi connectivity index (χ3n) is 5.05. The molecule has 4 heterocycles. The molecule has 0 saturated carbocycles. The van der Waals surface area contributed by atoms with Crippen LogP contribution < -0.4 is 10.6 Å². The molecule has 1 aliphatic rings. The van der Waals surface area contributed by atoms with Crippen molar-refractivity contribution in [2.45, 2.75) is 6.04 Å². The molecule has 0 aromatic carbocycles. The number of nitrogens with zero attached hydrogens (tertiary/aromatic N) is 5. The van der Waals surface area contributed by atoms with E-state index in [-0.39, 0.29) is 12.1 Å². The lowest BCUT2D eigenvalue weighted by Crippen LogP contribution is -2.48. The Morgan fingerprint density at radius 3 is 2.72 bits per heavy atom. The minimum Gasteiger partial charge on any atom is -0.336 e. The molecule has 0 spiro atoms. The van der Waals surface area contributed by atoms with E-state index in [1.54, 1.807) is 28.4 Å². The number of likely N-dealkylation sites (N-methyl/N-ethyl adjacent to an activating group) is 1. The van der Waals surface area contributed by atoms with E-state index in [0.717, 1.165) is 26.2 Å². The Balaban J connectivity index is 1.34. The normalized spacial score (nSPS) is 16.4. The van der Waals surface area contributed by atoms with Crippen molar-refractivity contribution in [2.75, 3.05) is 45.1 Å². The van der Waals surface area contributed by atoms with E-state index >= 15 is 0 Å². The maximum absolute atomic E-state index is 12.4. The van der Waals surface area contributed by atoms with Crippen LogP contribution in [-0.2, 0) is 0 Å². The number of hydrogen-bond donors (Lipinski definition) is 2. The predicted octanol–water partition coefficient (Wildman–Crippen LogP) is 2.44. The van der Waals surface area contributed by atoms with Gasteiger partial charge in [-0.15, -0.1) is 11.3 Å². The highest BCUT2D eigenvalue weighted by atomic mass is 32.1. The molecular weight excluding hydrogens is 386 g/mol. The first-order valence-electron chi connectivity index (χ1n) is 9.66. The maximum atomic E-state index is 12.4. The van der Waals surface area contributed by atoms with Crippen molar-refractivity contribution in [2.24, 2.45) is 0 Å². The molecule has 1 unspecified atom stereocenters. The summed E-state index contributed by atoms with van der Waals surface area (Å²) >= 11 is 1.74. The van der Waals surface area contributed by atoms with Gasteiger partial charge in [-0.3, -0.25) is 4.90 Å². The van der Waals surface area contributed by atoms with Gasteiger partial charge < -0.3 is 15.5 Å². The number of thiophene rings is 1. The lowest BCUT2D eigenvalue weighted by molar-refractivity contribution is 0.113. The molecule has 2 amide bonds. The smallest absolute Gasteiger partial charge is 0.319 e. The van der Waals surface area contributed by atoms with Gasteiger partial charge in [0.05, 0.1) is 17.9 Å². The van der Waals surface area contributed by atoms with Crippen LogP contribution in [0.1, 0.15) is 10.9 Å². The summed E-state index contributed by atoms with van der Waals surface area (Å²) in [6.07, 6.45) is 5.16. The van der Waals surface area contributed by atoms with E-state index in [2.05, 4.69) is 55.1 Å². The van der Waals surface area contributed by atoms with Gasteiger partial charge in [-0.1, -0.05) is 6.07 Å². The standard InChI is InChI=1S/C20H25N7OS/c1-25-9-11-26(12-10-25)17(18-4-2-13-29-18)15-22-20(28)24-16-5-6-19(21-14-16)27-8-3-7-23-27/h2-8,13-14,17H,9-12,15H2,1H3,(H2,22,24,28). The second kappa shape index (κ2) is 9.17. The number of rotatable bonds is 6. The number of piperazine rings is 1. The number of amides is 2. The zero-order chi connectivity index (χ0) is 20.1. The molecule has 0 aliphatic carbocycles. The average Bonchev–Trinajstić information content (AvgIpc) is 3.44. The van der Waals surface area contributed by atoms with Gasteiger partial charge in [-0.05, 0) is 36.7 Å². The van der Waals surface area contributed by atoms with Gasteiger partial charge >= 0.3 is 6.03 Å². The van der Waals surface area contributed by atoms with E-state index in [1.165, 1.54) is 4.88 Å². The number of aromatic nitrogens is 3. The molecular formula is C20H25N7OS. The summed E-state index contributed by atoms with van der Waals surface area (Å²) in [4.78, 5) is 22.8. The van der Waals surface area contributed by atoms with Gasteiger partial charge in [0.1, 0.15) is 0 Å². The van der Waals surface area contributed by atoms with E-state index in [4.69, 9.17) is 0 Å². The van der Waals surface area contributed by atoms with Crippen LogP contribution in [0.15, 0.2) is 54.3 Å². The fraction of sp³-hybridized carbons (Fsp3) is 0.350. The molecule has 1 atom stereocenters. The number of hydrogen-bond acceptors (Lipinski definition) is 6. The van der Waals surface area contributed by atoms with E-state index in [1.807, 2.05) is 24.4 Å². The van der Waals surface area contributed by atoms with Crippen LogP contribution in [-0.4, -0.2) is 70.4 Å². The molecule has 8 nitrogen and oxygen atoms in total. The first kappa shape index (κ1) is 19.6. The van der Waals surface area contributed by atoms with Gasteiger partial charge in [-0.2, -0.15) is 5.10 Å². The summed E-state index contributed by atoms with van der Waals surface area (Å²) in [5.41, 5.74) is 0.644. The zero-order valence-corrected chi connectivity index (χ0v) is 17.2. The minimum atomic E-state index is -0.227. The number of carbonyl (C=O) groups excluding carboxylic acids is 1. The van der Waals surface area contributed by atoms with Crippen molar-refractivity contribution in [1.82, 2.24) is 29.9 Å². The van der Waals surface area contributed by atoms with Gasteiger partial charge in [-0.25, -0.2) is 14.5 Å². The van der Waals surface area contributed by atoms with E-state index < -0.39 is 0 Å². The summed E-state index contributed by atoms with van der Waals surface area (Å²) in [5.74, 6) is 0.703. The fourth-order valence-corrected chi connectivity index (χ4v) is 4.25. The van der Waals surface area contributed by atoms with Crippen molar-refractivity contribution < 1.29 is 4.79 Å². The Kier molecular flexibility index (Phi) is 6.18. The highest BCUT2D eigenvalue weighted by molar-refractivity contribution is 7.10. The topological polar surface area (TPSA) is 78.3 Å². The summed E-state index contributed by atoms with van der Waals surface area (Å²) in [6.45, 7) is 4.65. The Bertz CT molecular complexity index is 888. The Labute approximate surface area is 174 Å². The fourth-order valence-electron chi connectivity index (χ4n) is 3.39. The first-order chi connectivity index (χ1) is 14.2. The summed E-state index contributed by atoms with van der Waals surface area (Å²) in [6, 6.07) is 9.65. The first-order valence-corrected chi connectivity index (χ1v) is 10.5. The number of nitrogens with one attached hydrogen (secondary N) is 2. The third-order valence-corrected chi connectivity index (χ3v) is 6.02. The molecule has 4 rings (SSSR count). The van der Waals surface area contributed by atoms with Crippen molar-refractivity contribution in [3.05, 3.63) is 59.2 Å². The molecule has 1 saturated heterocycles. The van der Waals surface area contributed by atoms with Gasteiger partial charge in [0, 0.05) is 50.0 Å². The molecule has 0 radical (unpaired) electrons. The zero-order valence-electron chi connectivity index (χ0n) is 16.4. The largest absolute Gasteiger partial charge is 0.336 e. The summed E-state index contributed by atoms with van der Waals surface area (Å²) in [5, 5.41) is 12.1. The van der Waals surface area contributed by atoms with Crippen molar-refractivity contribution in [3.8, 4) is 5.82 Å². The monoisotopic (exact) mass is 411 g/mol. The minimum absolute atomic E-state index is 0.190. The number of pyridine rings is 1.